The van der Waals surface area contributed by atoms with E-state index in [4.69, 9.17) is 15.2 Å². The van der Waals surface area contributed by atoms with E-state index in [0.717, 1.165) is 17.0 Å². The topological polar surface area (TPSA) is 75.2 Å². The highest BCUT2D eigenvalue weighted by molar-refractivity contribution is 5.75. The third-order valence-electron chi connectivity index (χ3n) is 3.38. The minimum atomic E-state index is 0.453. The molecule has 6 nitrogen and oxygen atoms in total. The molecule has 1 heterocycles. The Morgan fingerprint density at radius 3 is 2.36 bits per heavy atom. The van der Waals surface area contributed by atoms with Crippen molar-refractivity contribution in [3.63, 3.8) is 0 Å². The number of hydrogen-bond acceptors (Lipinski definition) is 5. The molecule has 0 aliphatic heterocycles. The van der Waals surface area contributed by atoms with Crippen LogP contribution in [0.25, 0.3) is 16.9 Å². The molecular formula is C16H16N4O2. The average Bonchev–Trinajstić information content (AvgIpc) is 2.96. The summed E-state index contributed by atoms with van der Waals surface area (Å²) in [6.45, 7) is 0. The van der Waals surface area contributed by atoms with E-state index in [2.05, 4.69) is 10.3 Å². The zero-order valence-electron chi connectivity index (χ0n) is 12.4. The van der Waals surface area contributed by atoms with Crippen molar-refractivity contribution in [3.8, 4) is 28.4 Å². The Bertz CT molecular complexity index is 781. The van der Waals surface area contributed by atoms with Crippen LogP contribution >= 0.6 is 0 Å². The van der Waals surface area contributed by atoms with Gasteiger partial charge in [0.05, 0.1) is 19.9 Å². The van der Waals surface area contributed by atoms with Crippen LogP contribution in [-0.4, -0.2) is 29.2 Å². The quantitative estimate of drug-likeness (QED) is 0.800. The molecule has 0 aliphatic carbocycles. The van der Waals surface area contributed by atoms with Gasteiger partial charge in [0, 0.05) is 5.56 Å². The third-order valence-corrected chi connectivity index (χ3v) is 3.38. The molecule has 112 valence electrons. The first-order valence-corrected chi connectivity index (χ1v) is 6.73. The summed E-state index contributed by atoms with van der Waals surface area (Å²) >= 11 is 0. The largest absolute Gasteiger partial charge is 0.497 e. The Kier molecular flexibility index (Phi) is 3.65. The highest BCUT2D eigenvalue weighted by atomic mass is 16.5. The summed E-state index contributed by atoms with van der Waals surface area (Å²) in [6.07, 6.45) is 0. The zero-order chi connectivity index (χ0) is 15.5. The van der Waals surface area contributed by atoms with E-state index in [-0.39, 0.29) is 0 Å². The Morgan fingerprint density at radius 1 is 0.955 bits per heavy atom. The molecule has 0 spiro atoms. The van der Waals surface area contributed by atoms with Crippen molar-refractivity contribution in [3.05, 3.63) is 48.5 Å². The van der Waals surface area contributed by atoms with Crippen LogP contribution in [0.4, 0.5) is 5.82 Å². The first kappa shape index (κ1) is 13.9. The van der Waals surface area contributed by atoms with Crippen LogP contribution < -0.4 is 15.2 Å². The number of methoxy groups -OCH3 is 2. The van der Waals surface area contributed by atoms with Crippen LogP contribution in [0.15, 0.2) is 48.5 Å². The molecule has 0 amide bonds. The van der Waals surface area contributed by atoms with Gasteiger partial charge in [-0.05, 0) is 36.4 Å². The van der Waals surface area contributed by atoms with Gasteiger partial charge in [0.1, 0.15) is 17.2 Å². The molecule has 0 radical (unpaired) electrons. The molecular weight excluding hydrogens is 280 g/mol. The van der Waals surface area contributed by atoms with Gasteiger partial charge in [-0.25, -0.2) is 0 Å². The second-order valence-corrected chi connectivity index (χ2v) is 4.63. The predicted molar refractivity (Wildman–Crippen MR) is 84.3 cm³/mol. The Labute approximate surface area is 128 Å². The molecule has 2 aromatic carbocycles. The van der Waals surface area contributed by atoms with Gasteiger partial charge >= 0.3 is 0 Å². The van der Waals surface area contributed by atoms with Gasteiger partial charge in [-0.3, -0.25) is 0 Å². The van der Waals surface area contributed by atoms with Crippen LogP contribution in [0.3, 0.4) is 0 Å². The van der Waals surface area contributed by atoms with Crippen molar-refractivity contribution in [2.75, 3.05) is 20.0 Å². The maximum atomic E-state index is 6.21. The average molecular weight is 296 g/mol. The van der Waals surface area contributed by atoms with E-state index in [1.165, 1.54) is 0 Å². The van der Waals surface area contributed by atoms with E-state index >= 15 is 0 Å². The summed E-state index contributed by atoms with van der Waals surface area (Å²) in [5, 5.41) is 8.33. The number of aromatic nitrogens is 3. The molecule has 0 aliphatic rings. The van der Waals surface area contributed by atoms with Crippen molar-refractivity contribution in [1.29, 1.82) is 0 Å². The fourth-order valence-electron chi connectivity index (χ4n) is 2.24. The first-order valence-electron chi connectivity index (χ1n) is 6.73. The van der Waals surface area contributed by atoms with Gasteiger partial charge < -0.3 is 15.2 Å². The fraction of sp³-hybridized carbons (Fsp3) is 0.125. The number of rotatable bonds is 4. The van der Waals surface area contributed by atoms with Gasteiger partial charge in [-0.2, -0.15) is 4.68 Å². The van der Waals surface area contributed by atoms with Gasteiger partial charge in [0.25, 0.3) is 0 Å². The molecule has 0 saturated carbocycles. The Balaban J connectivity index is 2.04. The number of benzene rings is 2. The highest BCUT2D eigenvalue weighted by Gasteiger charge is 2.16. The number of para-hydroxylation sites is 1. The third kappa shape index (κ3) is 2.35. The molecule has 2 N–H and O–H groups in total. The summed E-state index contributed by atoms with van der Waals surface area (Å²) in [5.74, 6) is 1.93. The van der Waals surface area contributed by atoms with Crippen LogP contribution in [0.5, 0.6) is 11.5 Å². The van der Waals surface area contributed by atoms with Crippen molar-refractivity contribution in [1.82, 2.24) is 15.0 Å². The van der Waals surface area contributed by atoms with Gasteiger partial charge in [0.2, 0.25) is 0 Å². The van der Waals surface area contributed by atoms with Crippen LogP contribution in [0, 0.1) is 0 Å². The van der Waals surface area contributed by atoms with E-state index in [9.17, 15) is 0 Å². The highest BCUT2D eigenvalue weighted by Crippen LogP contribution is 2.32. The van der Waals surface area contributed by atoms with Gasteiger partial charge in [-0.15, -0.1) is 5.10 Å². The van der Waals surface area contributed by atoms with Crippen molar-refractivity contribution in [2.45, 2.75) is 0 Å². The normalized spacial score (nSPS) is 10.5. The number of nitrogens with two attached hydrogens (primary N) is 1. The minimum absolute atomic E-state index is 0.453. The van der Waals surface area contributed by atoms with Crippen LogP contribution in [0.2, 0.25) is 0 Å². The van der Waals surface area contributed by atoms with E-state index in [1.54, 1.807) is 18.9 Å². The lowest BCUT2D eigenvalue weighted by Crippen LogP contribution is -2.02. The SMILES string of the molecule is COc1ccc(-n2nnc(-c3ccccc3OC)c2N)cc1. The molecule has 0 unspecified atom stereocenters. The molecule has 3 rings (SSSR count). The molecule has 1 aromatic heterocycles. The maximum absolute atomic E-state index is 6.21. The number of nitrogen functional groups attached to an aromatic ring is 1. The van der Waals surface area contributed by atoms with Crippen LogP contribution in [-0.2, 0) is 0 Å². The maximum Gasteiger partial charge on any atom is 0.156 e. The second-order valence-electron chi connectivity index (χ2n) is 4.63. The predicted octanol–water partition coefficient (Wildman–Crippen LogP) is 2.53. The van der Waals surface area contributed by atoms with Gasteiger partial charge in [0.15, 0.2) is 5.82 Å². The lowest BCUT2D eigenvalue weighted by Gasteiger charge is -2.07. The lowest BCUT2D eigenvalue weighted by molar-refractivity contribution is 0.414. The molecule has 0 atom stereocenters. The van der Waals surface area contributed by atoms with E-state index < -0.39 is 0 Å². The zero-order valence-corrected chi connectivity index (χ0v) is 12.4. The monoisotopic (exact) mass is 296 g/mol. The number of nitrogens with zero attached hydrogens (tertiary/aromatic N) is 3. The second kappa shape index (κ2) is 5.77. The van der Waals surface area contributed by atoms with E-state index in [0.29, 0.717) is 17.3 Å². The molecule has 3 aromatic rings. The van der Waals surface area contributed by atoms with E-state index in [1.807, 2.05) is 48.5 Å². The minimum Gasteiger partial charge on any atom is -0.497 e. The van der Waals surface area contributed by atoms with Crippen molar-refractivity contribution >= 4 is 5.82 Å². The summed E-state index contributed by atoms with van der Waals surface area (Å²) in [5.41, 5.74) is 8.42. The molecule has 6 heteroatoms. The molecule has 0 fully saturated rings. The summed E-state index contributed by atoms with van der Waals surface area (Å²) in [4.78, 5) is 0. The smallest absolute Gasteiger partial charge is 0.156 e. The number of ether oxygens (including phenoxy) is 2. The first-order chi connectivity index (χ1) is 10.7. The Morgan fingerprint density at radius 2 is 1.68 bits per heavy atom. The summed E-state index contributed by atoms with van der Waals surface area (Å²) < 4.78 is 12.1. The van der Waals surface area contributed by atoms with Gasteiger partial charge in [-0.1, -0.05) is 17.3 Å². The van der Waals surface area contributed by atoms with Crippen LogP contribution in [0.1, 0.15) is 0 Å². The van der Waals surface area contributed by atoms with Crippen molar-refractivity contribution < 1.29 is 9.47 Å². The Hall–Kier alpha value is -3.02. The summed E-state index contributed by atoms with van der Waals surface area (Å²) in [6, 6.07) is 15.0. The standard InChI is InChI=1S/C16H16N4O2/c1-21-12-9-7-11(8-10-12)20-16(17)15(18-19-20)13-5-3-4-6-14(13)22-2/h3-10H,17H2,1-2H3. The fourth-order valence-corrected chi connectivity index (χ4v) is 2.24. The number of anilines is 1. The molecule has 0 bridgehead atoms. The molecule has 0 saturated heterocycles. The molecule has 22 heavy (non-hydrogen) atoms. The van der Waals surface area contributed by atoms with Crippen molar-refractivity contribution in [2.24, 2.45) is 0 Å². The number of hydrogen-bond donors (Lipinski definition) is 1. The lowest BCUT2D eigenvalue weighted by atomic mass is 10.1. The summed E-state index contributed by atoms with van der Waals surface area (Å²) in [7, 11) is 3.24.